The number of nitrogens with zero attached hydrogens (tertiary/aromatic N) is 2. The highest BCUT2D eigenvalue weighted by atomic mass is 32.2. The number of hydrogen-bond donors (Lipinski definition) is 1. The molecular formula is C15H14F3N3O4S2. The number of anilines is 1. The van der Waals surface area contributed by atoms with Gasteiger partial charge in [0.2, 0.25) is 15.9 Å². The van der Waals surface area contributed by atoms with Gasteiger partial charge >= 0.3 is 6.36 Å². The molecule has 0 saturated carbocycles. The van der Waals surface area contributed by atoms with Gasteiger partial charge in [-0.3, -0.25) is 4.79 Å². The molecule has 2 aromatic rings. The van der Waals surface area contributed by atoms with E-state index < -0.39 is 22.1 Å². The van der Waals surface area contributed by atoms with Gasteiger partial charge in [0.25, 0.3) is 0 Å². The van der Waals surface area contributed by atoms with Gasteiger partial charge in [-0.1, -0.05) is 0 Å². The Labute approximate surface area is 156 Å². The van der Waals surface area contributed by atoms with Gasteiger partial charge in [0.1, 0.15) is 5.75 Å². The highest BCUT2D eigenvalue weighted by Crippen LogP contribution is 2.32. The first kappa shape index (κ1) is 19.6. The molecule has 0 spiro atoms. The molecular weight excluding hydrogens is 407 g/mol. The number of amides is 1. The van der Waals surface area contributed by atoms with Crippen molar-refractivity contribution in [1.82, 2.24) is 9.29 Å². The zero-order valence-electron chi connectivity index (χ0n) is 13.9. The molecule has 1 amide bonds. The predicted molar refractivity (Wildman–Crippen MR) is 90.8 cm³/mol. The van der Waals surface area contributed by atoms with E-state index in [0.29, 0.717) is 16.4 Å². The van der Waals surface area contributed by atoms with Crippen LogP contribution in [0, 0.1) is 0 Å². The molecule has 1 aromatic carbocycles. The number of carbonyl (C=O) groups excluding carboxylic acids is 1. The Hall–Kier alpha value is -2.18. The van der Waals surface area contributed by atoms with Crippen molar-refractivity contribution in [2.45, 2.75) is 31.1 Å². The Morgan fingerprint density at radius 2 is 1.96 bits per heavy atom. The van der Waals surface area contributed by atoms with Crippen LogP contribution >= 0.6 is 11.3 Å². The first-order chi connectivity index (χ1) is 12.5. The summed E-state index contributed by atoms with van der Waals surface area (Å²) >= 11 is 1.19. The average molecular weight is 421 g/mol. The number of fused-ring (bicyclic) bond motifs is 1. The lowest BCUT2D eigenvalue weighted by Crippen LogP contribution is -2.35. The molecule has 0 radical (unpaired) electrons. The number of hydrogen-bond acceptors (Lipinski definition) is 6. The van der Waals surface area contributed by atoms with E-state index in [0.717, 1.165) is 30.0 Å². The van der Waals surface area contributed by atoms with E-state index in [2.05, 4.69) is 15.0 Å². The number of nitrogens with one attached hydrogen (secondary N) is 1. The number of ether oxygens (including phenoxy) is 1. The second-order valence-electron chi connectivity index (χ2n) is 5.68. The second kappa shape index (κ2) is 7.09. The van der Waals surface area contributed by atoms with Crippen LogP contribution in [0.3, 0.4) is 0 Å². The van der Waals surface area contributed by atoms with Crippen LogP contribution < -0.4 is 10.1 Å². The molecule has 146 valence electrons. The minimum absolute atomic E-state index is 0.0791. The van der Waals surface area contributed by atoms with Crippen LogP contribution in [-0.4, -0.2) is 36.5 Å². The van der Waals surface area contributed by atoms with E-state index in [1.54, 1.807) is 0 Å². The average Bonchev–Trinajstić information content (AvgIpc) is 2.94. The number of sulfonamides is 1. The van der Waals surface area contributed by atoms with Crippen molar-refractivity contribution in [2.24, 2.45) is 0 Å². The summed E-state index contributed by atoms with van der Waals surface area (Å²) in [5.74, 6) is -0.767. The maximum Gasteiger partial charge on any atom is 0.573 e. The Morgan fingerprint density at radius 1 is 1.30 bits per heavy atom. The van der Waals surface area contributed by atoms with Gasteiger partial charge in [-0.25, -0.2) is 13.4 Å². The van der Waals surface area contributed by atoms with Gasteiger partial charge in [0, 0.05) is 24.8 Å². The van der Waals surface area contributed by atoms with E-state index in [9.17, 15) is 26.4 Å². The summed E-state index contributed by atoms with van der Waals surface area (Å²) in [5, 5.41) is 2.97. The van der Waals surface area contributed by atoms with Crippen molar-refractivity contribution in [3.05, 3.63) is 34.8 Å². The third-order valence-electron chi connectivity index (χ3n) is 3.67. The fourth-order valence-corrected chi connectivity index (χ4v) is 5.10. The Balaban J connectivity index is 1.77. The minimum atomic E-state index is -4.85. The van der Waals surface area contributed by atoms with E-state index in [1.165, 1.54) is 22.6 Å². The van der Waals surface area contributed by atoms with Gasteiger partial charge in [0.05, 0.1) is 17.1 Å². The van der Waals surface area contributed by atoms with E-state index in [1.807, 2.05) is 0 Å². The van der Waals surface area contributed by atoms with Crippen LogP contribution in [-0.2, 0) is 27.8 Å². The summed E-state index contributed by atoms with van der Waals surface area (Å²) in [6.07, 6.45) is -4.47. The predicted octanol–water partition coefficient (Wildman–Crippen LogP) is 2.75. The molecule has 3 rings (SSSR count). The van der Waals surface area contributed by atoms with Crippen LogP contribution in [0.5, 0.6) is 5.75 Å². The van der Waals surface area contributed by atoms with E-state index in [-0.39, 0.29) is 23.9 Å². The zero-order valence-corrected chi connectivity index (χ0v) is 15.5. The lowest BCUT2D eigenvalue weighted by Gasteiger charge is -2.25. The van der Waals surface area contributed by atoms with Crippen LogP contribution in [0.4, 0.5) is 18.3 Å². The molecule has 0 fully saturated rings. The maximum absolute atomic E-state index is 12.8. The number of alkyl halides is 3. The lowest BCUT2D eigenvalue weighted by atomic mass is 10.2. The molecule has 0 unspecified atom stereocenters. The quantitative estimate of drug-likeness (QED) is 0.820. The second-order valence-corrected chi connectivity index (χ2v) is 8.70. The van der Waals surface area contributed by atoms with Gasteiger partial charge in [-0.05, 0) is 24.3 Å². The first-order valence-corrected chi connectivity index (χ1v) is 9.92. The number of thiazole rings is 1. The molecule has 2 heterocycles. The fraction of sp³-hybridized carbons (Fsp3) is 0.333. The van der Waals surface area contributed by atoms with Crippen LogP contribution in [0.15, 0.2) is 29.2 Å². The number of benzene rings is 1. The van der Waals surface area contributed by atoms with E-state index in [4.69, 9.17) is 0 Å². The van der Waals surface area contributed by atoms with E-state index >= 15 is 0 Å². The Kier molecular flexibility index (Phi) is 5.14. The summed E-state index contributed by atoms with van der Waals surface area (Å²) in [6.45, 7) is 1.61. The van der Waals surface area contributed by atoms with Crippen molar-refractivity contribution >= 4 is 32.4 Å². The summed E-state index contributed by atoms with van der Waals surface area (Å²) in [7, 11) is -3.89. The van der Waals surface area contributed by atoms with Crippen molar-refractivity contribution in [2.75, 3.05) is 11.9 Å². The van der Waals surface area contributed by atoms with Gasteiger partial charge in [0.15, 0.2) is 5.13 Å². The van der Waals surface area contributed by atoms with Crippen LogP contribution in [0.2, 0.25) is 0 Å². The number of aromatic nitrogens is 1. The number of carbonyl (C=O) groups is 1. The summed E-state index contributed by atoms with van der Waals surface area (Å²) in [4.78, 5) is 16.0. The zero-order chi connectivity index (χ0) is 19.8. The monoisotopic (exact) mass is 421 g/mol. The molecule has 1 aliphatic heterocycles. The summed E-state index contributed by atoms with van der Waals surface area (Å²) in [5.41, 5.74) is 0.726. The highest BCUT2D eigenvalue weighted by molar-refractivity contribution is 7.89. The van der Waals surface area contributed by atoms with Crippen LogP contribution in [0.25, 0.3) is 0 Å². The molecule has 0 aliphatic carbocycles. The van der Waals surface area contributed by atoms with Crippen LogP contribution in [0.1, 0.15) is 17.5 Å². The third-order valence-corrected chi connectivity index (χ3v) is 6.53. The molecule has 7 nitrogen and oxygen atoms in total. The van der Waals surface area contributed by atoms with Crippen molar-refractivity contribution < 1.29 is 31.1 Å². The standard InChI is InChI=1S/C15H14F3N3O4S2/c1-9(22)19-14-20-12-6-7-21(8-13(12)26-14)27(23,24)11-4-2-10(3-5-11)25-15(16,17)18/h2-5H,6-8H2,1H3,(H,19,20,22). The third kappa shape index (κ3) is 4.57. The molecule has 12 heteroatoms. The topological polar surface area (TPSA) is 88.6 Å². The largest absolute Gasteiger partial charge is 0.573 e. The molecule has 0 saturated heterocycles. The van der Waals surface area contributed by atoms with Gasteiger partial charge < -0.3 is 10.1 Å². The summed E-state index contributed by atoms with van der Waals surface area (Å²) < 4.78 is 67.1. The highest BCUT2D eigenvalue weighted by Gasteiger charge is 2.33. The molecule has 1 N–H and O–H groups in total. The fourth-order valence-electron chi connectivity index (χ4n) is 2.54. The Morgan fingerprint density at radius 3 is 2.56 bits per heavy atom. The van der Waals surface area contributed by atoms with Crippen molar-refractivity contribution in [3.63, 3.8) is 0 Å². The number of halogens is 3. The van der Waals surface area contributed by atoms with Crippen molar-refractivity contribution in [3.8, 4) is 5.75 Å². The van der Waals surface area contributed by atoms with Gasteiger partial charge in [-0.2, -0.15) is 4.31 Å². The number of rotatable bonds is 4. The maximum atomic E-state index is 12.8. The molecule has 1 aliphatic rings. The SMILES string of the molecule is CC(=O)Nc1nc2c(s1)CN(S(=O)(=O)c1ccc(OC(F)(F)F)cc1)CC2. The normalized spacial score (nSPS) is 15.3. The Bertz CT molecular complexity index is 956. The lowest BCUT2D eigenvalue weighted by molar-refractivity contribution is -0.274. The molecule has 0 atom stereocenters. The molecule has 27 heavy (non-hydrogen) atoms. The van der Waals surface area contributed by atoms with Gasteiger partial charge in [-0.15, -0.1) is 24.5 Å². The molecule has 1 aromatic heterocycles. The summed E-state index contributed by atoms with van der Waals surface area (Å²) in [6, 6.07) is 4.05. The first-order valence-electron chi connectivity index (χ1n) is 7.67. The molecule has 0 bridgehead atoms. The van der Waals surface area contributed by atoms with Crippen molar-refractivity contribution in [1.29, 1.82) is 0 Å². The smallest absolute Gasteiger partial charge is 0.406 e. The minimum Gasteiger partial charge on any atom is -0.406 e.